The van der Waals surface area contributed by atoms with Crippen molar-refractivity contribution in [1.29, 1.82) is 0 Å². The van der Waals surface area contributed by atoms with Gasteiger partial charge in [0.2, 0.25) is 18.6 Å². The molecule has 0 radical (unpaired) electrons. The number of nitrogens with zero attached hydrogens (tertiary/aromatic N) is 3. The standard InChI is InChI=1S/C30H28N4O6/c1-37-24-13-11-22(15-26(24)38-2)34-16-23(19-6-4-3-5-7-19)31-30(34)32-28(35)17-33(21-9-10-21)29(36)20-8-12-25-27(14-20)40-18-39-25/h3-8,11-16,21H,9-10,17-18H2,1-2H3,(H,31,32,35). The lowest BCUT2D eigenvalue weighted by molar-refractivity contribution is -0.117. The zero-order valence-electron chi connectivity index (χ0n) is 22.1. The van der Waals surface area contributed by atoms with Gasteiger partial charge >= 0.3 is 0 Å². The highest BCUT2D eigenvalue weighted by molar-refractivity contribution is 6.00. The number of nitrogens with one attached hydrogen (secondary N) is 1. The molecule has 1 aliphatic carbocycles. The molecule has 0 spiro atoms. The van der Waals surface area contributed by atoms with E-state index in [1.54, 1.807) is 48.0 Å². The lowest BCUT2D eigenvalue weighted by Crippen LogP contribution is -2.39. The summed E-state index contributed by atoms with van der Waals surface area (Å²) in [5, 5.41) is 2.93. The Hall–Kier alpha value is -4.99. The first-order valence-corrected chi connectivity index (χ1v) is 12.9. The monoisotopic (exact) mass is 540 g/mol. The Labute approximate surface area is 231 Å². The molecule has 40 heavy (non-hydrogen) atoms. The second-order valence-electron chi connectivity index (χ2n) is 9.51. The SMILES string of the molecule is COc1ccc(-n2cc(-c3ccccc3)nc2NC(=O)CN(C(=O)c2ccc3c(c2)OCO3)C2CC2)cc1OC. The molecule has 2 amide bonds. The van der Waals surface area contributed by atoms with Gasteiger partial charge in [0.1, 0.15) is 6.54 Å². The van der Waals surface area contributed by atoms with Crippen molar-refractivity contribution < 1.29 is 28.5 Å². The van der Waals surface area contributed by atoms with Crippen LogP contribution in [0.3, 0.4) is 0 Å². The molecule has 6 rings (SSSR count). The van der Waals surface area contributed by atoms with E-state index in [0.717, 1.165) is 24.1 Å². The van der Waals surface area contributed by atoms with Gasteiger partial charge in [0.25, 0.3) is 5.91 Å². The number of hydrogen-bond acceptors (Lipinski definition) is 7. The second-order valence-corrected chi connectivity index (χ2v) is 9.51. The van der Waals surface area contributed by atoms with E-state index >= 15 is 0 Å². The summed E-state index contributed by atoms with van der Waals surface area (Å²) >= 11 is 0. The maximum Gasteiger partial charge on any atom is 0.254 e. The van der Waals surface area contributed by atoms with Crippen molar-refractivity contribution >= 4 is 17.8 Å². The number of carbonyl (C=O) groups is 2. The maximum atomic E-state index is 13.4. The predicted octanol–water partition coefficient (Wildman–Crippen LogP) is 4.53. The molecule has 10 nitrogen and oxygen atoms in total. The number of fused-ring (bicyclic) bond motifs is 1. The molecule has 2 aliphatic rings. The summed E-state index contributed by atoms with van der Waals surface area (Å²) in [6.07, 6.45) is 3.55. The van der Waals surface area contributed by atoms with Crippen molar-refractivity contribution in [3.05, 3.63) is 78.5 Å². The molecule has 0 saturated heterocycles. The van der Waals surface area contributed by atoms with Crippen molar-refractivity contribution in [3.63, 3.8) is 0 Å². The number of benzene rings is 3. The molecule has 2 heterocycles. The number of ether oxygens (including phenoxy) is 4. The zero-order chi connectivity index (χ0) is 27.6. The molecule has 10 heteroatoms. The molecule has 1 fully saturated rings. The Kier molecular flexibility index (Phi) is 6.73. The first-order valence-electron chi connectivity index (χ1n) is 12.9. The van der Waals surface area contributed by atoms with Gasteiger partial charge in [0.05, 0.1) is 25.6 Å². The molecular weight excluding hydrogens is 512 g/mol. The summed E-state index contributed by atoms with van der Waals surface area (Å²) in [6, 6.07) is 20.2. The summed E-state index contributed by atoms with van der Waals surface area (Å²) in [4.78, 5) is 33.1. The summed E-state index contributed by atoms with van der Waals surface area (Å²) in [6.45, 7) is 0.0107. The summed E-state index contributed by atoms with van der Waals surface area (Å²) in [7, 11) is 3.14. The third-order valence-electron chi connectivity index (χ3n) is 6.85. The van der Waals surface area contributed by atoms with E-state index in [4.69, 9.17) is 23.9 Å². The minimum atomic E-state index is -0.354. The van der Waals surface area contributed by atoms with Crippen molar-refractivity contribution in [2.24, 2.45) is 0 Å². The molecule has 204 valence electrons. The highest BCUT2D eigenvalue weighted by atomic mass is 16.7. The van der Waals surface area contributed by atoms with Crippen LogP contribution in [-0.2, 0) is 4.79 Å². The summed E-state index contributed by atoms with van der Waals surface area (Å²) in [5.41, 5.74) is 2.75. The smallest absolute Gasteiger partial charge is 0.254 e. The number of carbonyl (C=O) groups excluding carboxylic acids is 2. The first kappa shape index (κ1) is 25.3. The number of methoxy groups -OCH3 is 2. The molecular formula is C30H28N4O6. The van der Waals surface area contributed by atoms with Gasteiger partial charge in [-0.3, -0.25) is 19.5 Å². The Morgan fingerprint density at radius 2 is 1.75 bits per heavy atom. The number of aromatic nitrogens is 2. The van der Waals surface area contributed by atoms with E-state index in [-0.39, 0.29) is 31.2 Å². The number of amides is 2. The Bertz CT molecular complexity index is 1560. The zero-order valence-corrected chi connectivity index (χ0v) is 22.1. The Morgan fingerprint density at radius 3 is 2.50 bits per heavy atom. The number of imidazole rings is 1. The van der Waals surface area contributed by atoms with Crippen LogP contribution in [-0.4, -0.2) is 59.9 Å². The van der Waals surface area contributed by atoms with Gasteiger partial charge in [-0.15, -0.1) is 0 Å². The van der Waals surface area contributed by atoms with Crippen molar-refractivity contribution in [2.75, 3.05) is 32.9 Å². The lowest BCUT2D eigenvalue weighted by atomic mass is 10.1. The highest BCUT2D eigenvalue weighted by Crippen LogP contribution is 2.35. The van der Waals surface area contributed by atoms with Gasteiger partial charge in [0, 0.05) is 29.4 Å². The van der Waals surface area contributed by atoms with E-state index in [1.165, 1.54) is 0 Å². The predicted molar refractivity (Wildman–Crippen MR) is 147 cm³/mol. The van der Waals surface area contributed by atoms with Gasteiger partial charge < -0.3 is 23.8 Å². The van der Waals surface area contributed by atoms with Crippen LogP contribution in [0.5, 0.6) is 23.0 Å². The highest BCUT2D eigenvalue weighted by Gasteiger charge is 2.35. The largest absolute Gasteiger partial charge is 0.493 e. The molecule has 4 aromatic rings. The topological polar surface area (TPSA) is 104 Å². The third-order valence-corrected chi connectivity index (χ3v) is 6.85. The average Bonchev–Trinajstić information content (AvgIpc) is 3.57. The Morgan fingerprint density at radius 1 is 0.975 bits per heavy atom. The van der Waals surface area contributed by atoms with Crippen LogP contribution in [0.2, 0.25) is 0 Å². The average molecular weight is 541 g/mol. The van der Waals surface area contributed by atoms with Crippen LogP contribution in [0.1, 0.15) is 23.2 Å². The van der Waals surface area contributed by atoms with Crippen LogP contribution in [0, 0.1) is 0 Å². The van der Waals surface area contributed by atoms with Crippen molar-refractivity contribution in [2.45, 2.75) is 18.9 Å². The van der Waals surface area contributed by atoms with Gasteiger partial charge in [-0.25, -0.2) is 4.98 Å². The lowest BCUT2D eigenvalue weighted by Gasteiger charge is -2.22. The van der Waals surface area contributed by atoms with Crippen LogP contribution in [0.25, 0.3) is 16.9 Å². The molecule has 1 saturated carbocycles. The van der Waals surface area contributed by atoms with Gasteiger partial charge in [0.15, 0.2) is 23.0 Å². The second kappa shape index (κ2) is 10.6. The summed E-state index contributed by atoms with van der Waals surface area (Å²) in [5.74, 6) is 1.99. The molecule has 0 unspecified atom stereocenters. The number of hydrogen-bond donors (Lipinski definition) is 1. The maximum absolute atomic E-state index is 13.4. The molecule has 1 aliphatic heterocycles. The summed E-state index contributed by atoms with van der Waals surface area (Å²) < 4.78 is 23.4. The van der Waals surface area contributed by atoms with E-state index in [1.807, 2.05) is 48.7 Å². The minimum Gasteiger partial charge on any atom is -0.493 e. The fraction of sp³-hybridized carbons (Fsp3) is 0.233. The third kappa shape index (κ3) is 5.03. The van der Waals surface area contributed by atoms with Crippen molar-refractivity contribution in [1.82, 2.24) is 14.5 Å². The first-order chi connectivity index (χ1) is 19.5. The molecule has 1 aromatic heterocycles. The fourth-order valence-electron chi connectivity index (χ4n) is 4.66. The molecule has 0 bridgehead atoms. The van der Waals surface area contributed by atoms with E-state index in [2.05, 4.69) is 5.32 Å². The molecule has 1 N–H and O–H groups in total. The number of anilines is 1. The fourth-order valence-corrected chi connectivity index (χ4v) is 4.66. The Balaban J connectivity index is 1.28. The van der Waals surface area contributed by atoms with E-state index in [9.17, 15) is 9.59 Å². The molecule has 3 aromatic carbocycles. The number of rotatable bonds is 9. The minimum absolute atomic E-state index is 0.00847. The molecule has 0 atom stereocenters. The van der Waals surface area contributed by atoms with Crippen LogP contribution in [0.15, 0.2) is 72.9 Å². The normalized spacial score (nSPS) is 13.6. The van der Waals surface area contributed by atoms with Crippen molar-refractivity contribution in [3.8, 4) is 39.9 Å². The van der Waals surface area contributed by atoms with E-state index in [0.29, 0.717) is 40.2 Å². The van der Waals surface area contributed by atoms with E-state index < -0.39 is 0 Å². The van der Waals surface area contributed by atoms with Gasteiger partial charge in [-0.1, -0.05) is 30.3 Å². The van der Waals surface area contributed by atoms with Gasteiger partial charge in [-0.2, -0.15) is 0 Å². The quantitative estimate of drug-likeness (QED) is 0.333. The van der Waals surface area contributed by atoms with Crippen LogP contribution >= 0.6 is 0 Å². The van der Waals surface area contributed by atoms with Crippen LogP contribution in [0.4, 0.5) is 5.95 Å². The van der Waals surface area contributed by atoms with Crippen LogP contribution < -0.4 is 24.3 Å². The van der Waals surface area contributed by atoms with Gasteiger partial charge in [-0.05, 0) is 43.2 Å².